The van der Waals surface area contributed by atoms with Crippen LogP contribution in [0.2, 0.25) is 0 Å². The molecule has 1 N–H and O–H groups in total. The monoisotopic (exact) mass is 249 g/mol. The second-order valence-electron chi connectivity index (χ2n) is 5.31. The van der Waals surface area contributed by atoms with Crippen molar-refractivity contribution in [2.24, 2.45) is 5.92 Å². The average molecular weight is 249 g/mol. The lowest BCUT2D eigenvalue weighted by atomic mass is 9.90. The maximum atomic E-state index is 11.8. The molecule has 2 rings (SSSR count). The van der Waals surface area contributed by atoms with Crippen LogP contribution in [-0.2, 0) is 11.3 Å². The molecule has 4 nitrogen and oxygen atoms in total. The zero-order chi connectivity index (χ0) is 13.0. The number of ketones is 1. The van der Waals surface area contributed by atoms with Gasteiger partial charge in [-0.1, -0.05) is 6.92 Å². The van der Waals surface area contributed by atoms with Crippen LogP contribution in [0.1, 0.15) is 44.0 Å². The first-order valence-electron chi connectivity index (χ1n) is 6.95. The summed E-state index contributed by atoms with van der Waals surface area (Å²) in [6, 6.07) is 2.09. The molecule has 18 heavy (non-hydrogen) atoms. The number of hydrogen-bond acceptors (Lipinski definition) is 3. The number of carbonyl (C=O) groups excluding carboxylic acids is 1. The third-order valence-electron chi connectivity index (χ3n) is 3.68. The summed E-state index contributed by atoms with van der Waals surface area (Å²) in [5, 5.41) is 7.23. The fraction of sp³-hybridized carbons (Fsp3) is 0.714. The molecule has 0 aliphatic carbocycles. The Labute approximate surface area is 109 Å². The Bertz CT molecular complexity index is 391. The molecule has 0 aromatic carbocycles. The summed E-state index contributed by atoms with van der Waals surface area (Å²) in [6.45, 7) is 7.04. The van der Waals surface area contributed by atoms with E-state index in [0.717, 1.165) is 56.7 Å². The first-order valence-corrected chi connectivity index (χ1v) is 6.95. The second kappa shape index (κ2) is 6.14. The quantitative estimate of drug-likeness (QED) is 0.871. The second-order valence-corrected chi connectivity index (χ2v) is 5.31. The van der Waals surface area contributed by atoms with Crippen LogP contribution in [0, 0.1) is 12.8 Å². The Morgan fingerprint density at radius 3 is 2.78 bits per heavy atom. The largest absolute Gasteiger partial charge is 0.299 e. The number of Topliss-reactive ketones (excluding diaryl/α,β-unsaturated/α-hetero) is 1. The average Bonchev–Trinajstić information content (AvgIpc) is 2.76. The van der Waals surface area contributed by atoms with E-state index < -0.39 is 0 Å². The molecule has 1 fully saturated rings. The lowest BCUT2D eigenvalue weighted by Gasteiger charge is -2.30. The third-order valence-corrected chi connectivity index (χ3v) is 3.68. The number of nitrogens with one attached hydrogen (secondary N) is 1. The highest BCUT2D eigenvalue weighted by molar-refractivity contribution is 5.81. The summed E-state index contributed by atoms with van der Waals surface area (Å²) in [6.07, 6.45) is 3.76. The number of piperidine rings is 1. The van der Waals surface area contributed by atoms with Crippen molar-refractivity contribution in [1.29, 1.82) is 0 Å². The van der Waals surface area contributed by atoms with Crippen LogP contribution >= 0.6 is 0 Å². The molecule has 1 aromatic rings. The molecule has 1 aromatic heterocycles. The maximum Gasteiger partial charge on any atom is 0.136 e. The normalized spacial score (nSPS) is 18.1. The summed E-state index contributed by atoms with van der Waals surface area (Å²) in [5.41, 5.74) is 2.21. The van der Waals surface area contributed by atoms with Gasteiger partial charge in [0.15, 0.2) is 0 Å². The van der Waals surface area contributed by atoms with Crippen molar-refractivity contribution < 1.29 is 4.79 Å². The molecular weight excluding hydrogens is 226 g/mol. The number of carbonyl (C=O) groups is 1. The van der Waals surface area contributed by atoms with Crippen molar-refractivity contribution in [2.75, 3.05) is 13.1 Å². The molecule has 1 saturated heterocycles. The molecule has 0 radical (unpaired) electrons. The number of likely N-dealkylation sites (tertiary alicyclic amines) is 1. The maximum absolute atomic E-state index is 11.8. The van der Waals surface area contributed by atoms with Gasteiger partial charge in [-0.25, -0.2) is 0 Å². The van der Waals surface area contributed by atoms with Crippen molar-refractivity contribution in [3.8, 4) is 0 Å². The van der Waals surface area contributed by atoms with Crippen LogP contribution in [0.25, 0.3) is 0 Å². The third kappa shape index (κ3) is 3.42. The van der Waals surface area contributed by atoms with E-state index in [1.165, 1.54) is 0 Å². The Morgan fingerprint density at radius 2 is 2.22 bits per heavy atom. The molecular formula is C14H23N3O. The van der Waals surface area contributed by atoms with Gasteiger partial charge in [-0.15, -0.1) is 0 Å². The predicted molar refractivity (Wildman–Crippen MR) is 71.2 cm³/mol. The molecule has 0 saturated carbocycles. The van der Waals surface area contributed by atoms with Crippen molar-refractivity contribution in [1.82, 2.24) is 15.1 Å². The van der Waals surface area contributed by atoms with E-state index >= 15 is 0 Å². The van der Waals surface area contributed by atoms with Gasteiger partial charge in [-0.05, 0) is 45.3 Å². The fourth-order valence-electron chi connectivity index (χ4n) is 2.65. The van der Waals surface area contributed by atoms with Gasteiger partial charge in [-0.2, -0.15) is 5.10 Å². The number of aromatic nitrogens is 2. The first kappa shape index (κ1) is 13.3. The topological polar surface area (TPSA) is 49.0 Å². The molecule has 1 aliphatic heterocycles. The van der Waals surface area contributed by atoms with E-state index in [1.807, 2.05) is 6.92 Å². The van der Waals surface area contributed by atoms with Gasteiger partial charge < -0.3 is 0 Å². The summed E-state index contributed by atoms with van der Waals surface area (Å²) in [5.74, 6) is 0.773. The van der Waals surface area contributed by atoms with Gasteiger partial charge in [0.1, 0.15) is 5.78 Å². The van der Waals surface area contributed by atoms with E-state index in [-0.39, 0.29) is 0 Å². The number of aryl methyl sites for hydroxylation is 1. The molecule has 2 heterocycles. The van der Waals surface area contributed by atoms with Crippen molar-refractivity contribution in [2.45, 2.75) is 46.1 Å². The van der Waals surface area contributed by atoms with Crippen LogP contribution in [0.4, 0.5) is 0 Å². The summed E-state index contributed by atoms with van der Waals surface area (Å²) < 4.78 is 0. The van der Waals surface area contributed by atoms with Crippen LogP contribution < -0.4 is 0 Å². The van der Waals surface area contributed by atoms with E-state index in [1.54, 1.807) is 0 Å². The Morgan fingerprint density at radius 1 is 1.50 bits per heavy atom. The molecule has 4 heteroatoms. The SMILES string of the molecule is CCCC(=O)C1CCN(Cc2cc(C)[nH]n2)CC1. The zero-order valence-electron chi connectivity index (χ0n) is 11.4. The Kier molecular flexibility index (Phi) is 4.53. The highest BCUT2D eigenvalue weighted by Crippen LogP contribution is 2.21. The summed E-state index contributed by atoms with van der Waals surface area (Å²) in [4.78, 5) is 14.2. The molecule has 1 aliphatic rings. The standard InChI is InChI=1S/C14H23N3O/c1-3-4-14(18)12-5-7-17(8-6-12)10-13-9-11(2)15-16-13/h9,12H,3-8,10H2,1-2H3,(H,15,16). The first-order chi connectivity index (χ1) is 8.69. The van der Waals surface area contributed by atoms with Gasteiger partial charge in [0.2, 0.25) is 0 Å². The lowest BCUT2D eigenvalue weighted by Crippen LogP contribution is -2.35. The summed E-state index contributed by atoms with van der Waals surface area (Å²) >= 11 is 0. The molecule has 0 amide bonds. The summed E-state index contributed by atoms with van der Waals surface area (Å²) in [7, 11) is 0. The lowest BCUT2D eigenvalue weighted by molar-refractivity contribution is -0.124. The molecule has 0 atom stereocenters. The van der Waals surface area contributed by atoms with Crippen LogP contribution in [0.15, 0.2) is 6.07 Å². The predicted octanol–water partition coefficient (Wildman–Crippen LogP) is 2.30. The minimum atomic E-state index is 0.308. The smallest absolute Gasteiger partial charge is 0.136 e. The van der Waals surface area contributed by atoms with Crippen molar-refractivity contribution in [3.05, 3.63) is 17.5 Å². The fourth-order valence-corrected chi connectivity index (χ4v) is 2.65. The van der Waals surface area contributed by atoms with Crippen LogP contribution in [0.3, 0.4) is 0 Å². The zero-order valence-corrected chi connectivity index (χ0v) is 11.4. The van der Waals surface area contributed by atoms with Gasteiger partial charge in [0.25, 0.3) is 0 Å². The number of hydrogen-bond donors (Lipinski definition) is 1. The molecule has 0 unspecified atom stereocenters. The van der Waals surface area contributed by atoms with Crippen molar-refractivity contribution in [3.63, 3.8) is 0 Å². The number of rotatable bonds is 5. The Balaban J connectivity index is 1.78. The van der Waals surface area contributed by atoms with Gasteiger partial charge in [0.05, 0.1) is 5.69 Å². The van der Waals surface area contributed by atoms with E-state index in [2.05, 4.69) is 28.1 Å². The van der Waals surface area contributed by atoms with Gasteiger partial charge >= 0.3 is 0 Å². The number of H-pyrrole nitrogens is 1. The highest BCUT2D eigenvalue weighted by atomic mass is 16.1. The number of nitrogens with zero attached hydrogens (tertiary/aromatic N) is 2. The molecule has 0 bridgehead atoms. The van der Waals surface area contributed by atoms with E-state index in [0.29, 0.717) is 11.7 Å². The minimum absolute atomic E-state index is 0.308. The molecule has 0 spiro atoms. The Hall–Kier alpha value is -1.16. The van der Waals surface area contributed by atoms with E-state index in [9.17, 15) is 4.79 Å². The minimum Gasteiger partial charge on any atom is -0.299 e. The van der Waals surface area contributed by atoms with E-state index in [4.69, 9.17) is 0 Å². The van der Waals surface area contributed by atoms with Gasteiger partial charge in [-0.3, -0.25) is 14.8 Å². The van der Waals surface area contributed by atoms with Crippen LogP contribution in [-0.4, -0.2) is 34.0 Å². The molecule has 100 valence electrons. The van der Waals surface area contributed by atoms with Crippen LogP contribution in [0.5, 0.6) is 0 Å². The number of aromatic amines is 1. The van der Waals surface area contributed by atoms with Crippen molar-refractivity contribution >= 4 is 5.78 Å². The van der Waals surface area contributed by atoms with Gasteiger partial charge in [0, 0.05) is 24.6 Å². The highest BCUT2D eigenvalue weighted by Gasteiger charge is 2.24.